The lowest BCUT2D eigenvalue weighted by Crippen LogP contribution is -2.36. The van der Waals surface area contributed by atoms with E-state index in [0.717, 1.165) is 30.4 Å². The Kier molecular flexibility index (Phi) is 7.00. The predicted molar refractivity (Wildman–Crippen MR) is 130 cm³/mol. The average Bonchev–Trinajstić information content (AvgIpc) is 3.53. The first kappa shape index (κ1) is 24.7. The number of amides is 1. The molecule has 2 aromatic heterocycles. The molecule has 0 radical (unpaired) electrons. The van der Waals surface area contributed by atoms with Gasteiger partial charge in [-0.3, -0.25) is 4.79 Å². The van der Waals surface area contributed by atoms with Gasteiger partial charge in [-0.1, -0.05) is 18.9 Å². The lowest BCUT2D eigenvalue weighted by Gasteiger charge is -2.35. The molecule has 36 heavy (non-hydrogen) atoms. The van der Waals surface area contributed by atoms with Gasteiger partial charge in [-0.2, -0.15) is 13.2 Å². The second kappa shape index (κ2) is 10.2. The van der Waals surface area contributed by atoms with Crippen LogP contribution in [-0.2, 0) is 17.5 Å². The molecule has 5 rings (SSSR count). The highest BCUT2D eigenvalue weighted by Gasteiger charge is 2.37. The van der Waals surface area contributed by atoms with Gasteiger partial charge < -0.3 is 20.1 Å². The number of piperidine rings is 1. The zero-order valence-electron chi connectivity index (χ0n) is 20.2. The molecule has 3 aliphatic rings. The first-order chi connectivity index (χ1) is 17.3. The maximum absolute atomic E-state index is 13.5. The number of alkyl halides is 3. The highest BCUT2D eigenvalue weighted by Crippen LogP contribution is 2.40. The molecule has 1 saturated carbocycles. The number of anilines is 2. The number of nitrogens with one attached hydrogen (secondary N) is 2. The second-order valence-corrected chi connectivity index (χ2v) is 9.93. The number of imidazole rings is 1. The Hall–Kier alpha value is -2.95. The van der Waals surface area contributed by atoms with E-state index < -0.39 is 11.9 Å². The number of carbonyl (C=O) groups is 1. The Labute approximate surface area is 208 Å². The number of halogens is 3. The molecular formula is C25H32F3N7O. The summed E-state index contributed by atoms with van der Waals surface area (Å²) >= 11 is 0. The summed E-state index contributed by atoms with van der Waals surface area (Å²) in [5.74, 6) is 1.41. The third-order valence-corrected chi connectivity index (χ3v) is 7.58. The molecule has 0 bridgehead atoms. The number of aromatic nitrogens is 4. The maximum atomic E-state index is 13.5. The van der Waals surface area contributed by atoms with Crippen molar-refractivity contribution in [2.45, 2.75) is 75.5 Å². The fourth-order valence-electron chi connectivity index (χ4n) is 5.71. The van der Waals surface area contributed by atoms with Crippen molar-refractivity contribution in [1.82, 2.24) is 24.8 Å². The van der Waals surface area contributed by atoms with Gasteiger partial charge in [0.2, 0.25) is 5.91 Å². The smallest absolute Gasteiger partial charge is 0.356 e. The molecule has 1 saturated heterocycles. The van der Waals surface area contributed by atoms with E-state index in [0.29, 0.717) is 63.1 Å². The van der Waals surface area contributed by atoms with Crippen molar-refractivity contribution in [2.24, 2.45) is 0 Å². The van der Waals surface area contributed by atoms with E-state index in [1.165, 1.54) is 19.2 Å². The minimum absolute atomic E-state index is 0.0728. The molecule has 2 N–H and O–H groups in total. The highest BCUT2D eigenvalue weighted by molar-refractivity contribution is 5.95. The number of fused-ring (bicyclic) bond motifs is 1. The zero-order valence-corrected chi connectivity index (χ0v) is 20.2. The molecule has 0 aromatic carbocycles. The topological polar surface area (TPSA) is 88.0 Å². The van der Waals surface area contributed by atoms with Crippen LogP contribution in [0.1, 0.15) is 73.9 Å². The first-order valence-corrected chi connectivity index (χ1v) is 12.7. The van der Waals surface area contributed by atoms with Crippen LogP contribution in [0.5, 0.6) is 0 Å². The molecule has 2 aliphatic heterocycles. The normalized spacial score (nSPS) is 21.5. The summed E-state index contributed by atoms with van der Waals surface area (Å²) in [7, 11) is 0. The van der Waals surface area contributed by atoms with Crippen LogP contribution in [0.25, 0.3) is 0 Å². The minimum Gasteiger partial charge on any atom is -0.356 e. The van der Waals surface area contributed by atoms with E-state index in [4.69, 9.17) is 0 Å². The molecule has 1 amide bonds. The summed E-state index contributed by atoms with van der Waals surface area (Å²) in [5, 5.41) is 6.30. The molecule has 4 heterocycles. The fraction of sp³-hybridized carbons (Fsp3) is 0.600. The maximum Gasteiger partial charge on any atom is 0.434 e. The van der Waals surface area contributed by atoms with Crippen LogP contribution < -0.4 is 15.5 Å². The van der Waals surface area contributed by atoms with Crippen LogP contribution in [0, 0.1) is 0 Å². The van der Waals surface area contributed by atoms with Crippen molar-refractivity contribution in [1.29, 1.82) is 0 Å². The van der Waals surface area contributed by atoms with Gasteiger partial charge >= 0.3 is 6.18 Å². The summed E-state index contributed by atoms with van der Waals surface area (Å²) in [6, 6.07) is 0.463. The lowest BCUT2D eigenvalue weighted by molar-refractivity contribution is -0.141. The SMILES string of the molecule is C=C[C@@H]1CC(=O)Nc2ncnc(N3CCC(c4nc(C(F)(F)F)cn4CCNC4CCCC4)CC3)c21. The molecule has 1 atom stereocenters. The Morgan fingerprint density at radius 3 is 2.61 bits per heavy atom. The van der Waals surface area contributed by atoms with Crippen molar-refractivity contribution in [3.63, 3.8) is 0 Å². The van der Waals surface area contributed by atoms with Gasteiger partial charge in [0.15, 0.2) is 5.69 Å². The van der Waals surface area contributed by atoms with Crippen LogP contribution in [0.3, 0.4) is 0 Å². The number of carbonyl (C=O) groups excluding carboxylic acids is 1. The van der Waals surface area contributed by atoms with Crippen LogP contribution in [0.15, 0.2) is 25.2 Å². The van der Waals surface area contributed by atoms with Crippen LogP contribution in [-0.4, -0.2) is 51.1 Å². The summed E-state index contributed by atoms with van der Waals surface area (Å²) in [4.78, 5) is 26.9. The minimum atomic E-state index is -4.47. The number of hydrogen-bond donors (Lipinski definition) is 2. The number of hydrogen-bond acceptors (Lipinski definition) is 6. The van der Waals surface area contributed by atoms with Gasteiger partial charge in [0.25, 0.3) is 0 Å². The van der Waals surface area contributed by atoms with E-state index in [1.54, 1.807) is 10.6 Å². The van der Waals surface area contributed by atoms with Crippen molar-refractivity contribution in [3.05, 3.63) is 42.3 Å². The van der Waals surface area contributed by atoms with Gasteiger partial charge in [-0.05, 0) is 25.7 Å². The summed E-state index contributed by atoms with van der Waals surface area (Å²) in [6.45, 7) is 6.22. The third kappa shape index (κ3) is 5.11. The van der Waals surface area contributed by atoms with Gasteiger partial charge in [-0.25, -0.2) is 15.0 Å². The molecule has 8 nitrogen and oxygen atoms in total. The fourth-order valence-corrected chi connectivity index (χ4v) is 5.71. The summed E-state index contributed by atoms with van der Waals surface area (Å²) in [6.07, 6.45) is 6.17. The van der Waals surface area contributed by atoms with Gasteiger partial charge in [0.1, 0.15) is 23.8 Å². The number of nitrogens with zero attached hydrogens (tertiary/aromatic N) is 5. The first-order valence-electron chi connectivity index (χ1n) is 12.7. The quantitative estimate of drug-likeness (QED) is 0.550. The van der Waals surface area contributed by atoms with Gasteiger partial charge in [-0.15, -0.1) is 6.58 Å². The van der Waals surface area contributed by atoms with E-state index in [1.807, 2.05) is 0 Å². The van der Waals surface area contributed by atoms with Crippen molar-refractivity contribution < 1.29 is 18.0 Å². The number of rotatable bonds is 7. The van der Waals surface area contributed by atoms with Gasteiger partial charge in [0, 0.05) is 62.2 Å². The third-order valence-electron chi connectivity index (χ3n) is 7.58. The van der Waals surface area contributed by atoms with E-state index in [-0.39, 0.29) is 17.7 Å². The standard InChI is InChI=1S/C25H32F3N7O/c1-2-16-13-20(36)33-22-21(16)24(31-15-30-22)34-10-7-17(8-11-34)23-32-19(25(26,27)28)14-35(23)12-9-29-18-5-3-4-6-18/h2,14-18,29H,1,3-13H2,(H,30,31,33,36)/t16-/m1/s1. The molecular weight excluding hydrogens is 471 g/mol. The monoisotopic (exact) mass is 503 g/mol. The Morgan fingerprint density at radius 2 is 1.92 bits per heavy atom. The highest BCUT2D eigenvalue weighted by atomic mass is 19.4. The average molecular weight is 504 g/mol. The molecule has 2 fully saturated rings. The Balaban J connectivity index is 1.31. The van der Waals surface area contributed by atoms with Crippen molar-refractivity contribution >= 4 is 17.5 Å². The van der Waals surface area contributed by atoms with Crippen LogP contribution in [0.2, 0.25) is 0 Å². The molecule has 1 aliphatic carbocycles. The second-order valence-electron chi connectivity index (χ2n) is 9.93. The zero-order chi connectivity index (χ0) is 25.3. The lowest BCUT2D eigenvalue weighted by atomic mass is 9.91. The molecule has 0 spiro atoms. The molecule has 2 aromatic rings. The van der Waals surface area contributed by atoms with E-state index >= 15 is 0 Å². The van der Waals surface area contributed by atoms with Crippen LogP contribution in [0.4, 0.5) is 24.8 Å². The predicted octanol–water partition coefficient (Wildman–Crippen LogP) is 4.22. The summed E-state index contributed by atoms with van der Waals surface area (Å²) < 4.78 is 42.2. The number of allylic oxidation sites excluding steroid dienone is 1. The Morgan fingerprint density at radius 1 is 1.17 bits per heavy atom. The largest absolute Gasteiger partial charge is 0.434 e. The summed E-state index contributed by atoms with van der Waals surface area (Å²) in [5.41, 5.74) is 0.0274. The van der Waals surface area contributed by atoms with Crippen LogP contribution >= 0.6 is 0 Å². The molecule has 194 valence electrons. The van der Waals surface area contributed by atoms with Crippen molar-refractivity contribution in [3.8, 4) is 0 Å². The Bertz CT molecular complexity index is 1100. The molecule has 0 unspecified atom stereocenters. The van der Waals surface area contributed by atoms with Gasteiger partial charge in [0.05, 0.1) is 0 Å². The van der Waals surface area contributed by atoms with Crippen molar-refractivity contribution in [2.75, 3.05) is 29.9 Å². The molecule has 11 heteroatoms. The van der Waals surface area contributed by atoms with E-state index in [9.17, 15) is 18.0 Å². The van der Waals surface area contributed by atoms with E-state index in [2.05, 4.69) is 37.1 Å².